The average molecular weight is 415 g/mol. The molecule has 4 aliphatic carbocycles. The Bertz CT molecular complexity index is 995. The zero-order valence-corrected chi connectivity index (χ0v) is 18.1. The lowest BCUT2D eigenvalue weighted by Gasteiger charge is -2.41. The average Bonchev–Trinajstić information content (AvgIpc) is 3.57. The molecule has 0 spiro atoms. The van der Waals surface area contributed by atoms with Crippen molar-refractivity contribution < 1.29 is 14.3 Å². The van der Waals surface area contributed by atoms with E-state index in [1.54, 1.807) is 0 Å². The summed E-state index contributed by atoms with van der Waals surface area (Å²) < 4.78 is 11.6. The van der Waals surface area contributed by atoms with Crippen LogP contribution in [0.3, 0.4) is 0 Å². The van der Waals surface area contributed by atoms with E-state index in [-0.39, 0.29) is 11.4 Å². The highest BCUT2D eigenvalue weighted by atomic mass is 16.6. The summed E-state index contributed by atoms with van der Waals surface area (Å²) in [5.41, 5.74) is 2.05. The van der Waals surface area contributed by atoms with Crippen LogP contribution in [-0.2, 0) is 9.53 Å². The van der Waals surface area contributed by atoms with Crippen LogP contribution in [0.15, 0.2) is 66.7 Å². The molecule has 31 heavy (non-hydrogen) atoms. The lowest BCUT2D eigenvalue weighted by atomic mass is 9.63. The Morgan fingerprint density at radius 1 is 0.903 bits per heavy atom. The summed E-state index contributed by atoms with van der Waals surface area (Å²) in [6.07, 6.45) is 8.43. The normalized spacial score (nSPS) is 36.5. The van der Waals surface area contributed by atoms with Crippen molar-refractivity contribution in [3.63, 3.8) is 0 Å². The first kappa shape index (κ1) is 19.2. The van der Waals surface area contributed by atoms with Crippen molar-refractivity contribution in [2.45, 2.75) is 26.2 Å². The van der Waals surface area contributed by atoms with Gasteiger partial charge in [-0.2, -0.15) is 0 Å². The molecule has 0 heterocycles. The molecule has 0 aromatic heterocycles. The zero-order chi connectivity index (χ0) is 21.0. The van der Waals surface area contributed by atoms with Gasteiger partial charge in [0.1, 0.15) is 19.0 Å². The molecule has 160 valence electrons. The van der Waals surface area contributed by atoms with E-state index < -0.39 is 0 Å². The second kappa shape index (κ2) is 7.25. The fourth-order valence-corrected chi connectivity index (χ4v) is 7.44. The number of benzene rings is 2. The van der Waals surface area contributed by atoms with Crippen molar-refractivity contribution >= 4 is 5.97 Å². The predicted molar refractivity (Wildman–Crippen MR) is 120 cm³/mol. The number of carbonyl (C=O) groups excluding carboxylic acids is 1. The van der Waals surface area contributed by atoms with Gasteiger partial charge in [-0.1, -0.05) is 54.6 Å². The van der Waals surface area contributed by atoms with Crippen LogP contribution in [0.2, 0.25) is 0 Å². The van der Waals surface area contributed by atoms with Crippen LogP contribution in [0.25, 0.3) is 11.1 Å². The number of ether oxygens (including phenoxy) is 2. The third kappa shape index (κ3) is 3.04. The van der Waals surface area contributed by atoms with Gasteiger partial charge in [-0.15, -0.1) is 0 Å². The van der Waals surface area contributed by atoms with Gasteiger partial charge in [-0.25, -0.2) is 0 Å². The maximum Gasteiger partial charge on any atom is 0.312 e. The van der Waals surface area contributed by atoms with E-state index in [9.17, 15) is 4.79 Å². The zero-order valence-electron chi connectivity index (χ0n) is 18.1. The third-order valence-electron chi connectivity index (χ3n) is 8.67. The Morgan fingerprint density at radius 3 is 2.39 bits per heavy atom. The van der Waals surface area contributed by atoms with Crippen molar-refractivity contribution in [3.8, 4) is 16.9 Å². The minimum atomic E-state index is -0.304. The first-order chi connectivity index (χ1) is 15.1. The van der Waals surface area contributed by atoms with Gasteiger partial charge in [0.15, 0.2) is 0 Å². The van der Waals surface area contributed by atoms with Crippen LogP contribution in [0.4, 0.5) is 0 Å². The molecule has 7 atom stereocenters. The number of allylic oxidation sites excluding steroid dienone is 2. The summed E-state index contributed by atoms with van der Waals surface area (Å²) in [5.74, 6) is 5.06. The van der Waals surface area contributed by atoms with E-state index >= 15 is 0 Å². The third-order valence-corrected chi connectivity index (χ3v) is 8.67. The van der Waals surface area contributed by atoms with Gasteiger partial charge in [-0.05, 0) is 85.0 Å². The Hall–Kier alpha value is -2.55. The SMILES string of the molecule is CC1(C(=O)OCCOc2ccc(-c3ccccc3)cc2)CC2CC1C1C3C=CC(C3)C21. The van der Waals surface area contributed by atoms with Crippen molar-refractivity contribution in [2.24, 2.45) is 40.9 Å². The lowest BCUT2D eigenvalue weighted by Crippen LogP contribution is -2.43. The summed E-state index contributed by atoms with van der Waals surface area (Å²) in [6, 6.07) is 18.4. The minimum absolute atomic E-state index is 0.00627. The number of hydrogen-bond donors (Lipinski definition) is 0. The molecule has 3 fully saturated rings. The molecule has 2 aromatic rings. The van der Waals surface area contributed by atoms with E-state index in [0.717, 1.165) is 29.6 Å². The molecule has 3 saturated carbocycles. The second-order valence-corrected chi connectivity index (χ2v) is 10.2. The highest BCUT2D eigenvalue weighted by Crippen LogP contribution is 2.70. The molecule has 0 amide bonds. The summed E-state index contributed by atoms with van der Waals surface area (Å²) in [4.78, 5) is 13.1. The van der Waals surface area contributed by atoms with Gasteiger partial charge in [0, 0.05) is 0 Å². The van der Waals surface area contributed by atoms with E-state index in [4.69, 9.17) is 9.47 Å². The predicted octanol–water partition coefficient (Wildman–Crippen LogP) is 5.76. The number of esters is 1. The standard InChI is InChI=1S/C28H30O3/c1-28(17-22-16-24(28)26-21-8-7-20(15-21)25(22)26)27(29)31-14-13-30-23-11-9-19(10-12-23)18-5-3-2-4-6-18/h2-12,20-22,24-26H,13-17H2,1H3. The Labute approximate surface area is 184 Å². The molecule has 4 aliphatic rings. The Balaban J connectivity index is 1.02. The van der Waals surface area contributed by atoms with Crippen LogP contribution in [0.5, 0.6) is 5.75 Å². The molecular weight excluding hydrogens is 384 g/mol. The number of hydrogen-bond acceptors (Lipinski definition) is 3. The molecule has 4 bridgehead atoms. The van der Waals surface area contributed by atoms with E-state index in [1.165, 1.54) is 18.4 Å². The second-order valence-electron chi connectivity index (χ2n) is 10.2. The largest absolute Gasteiger partial charge is 0.490 e. The highest BCUT2D eigenvalue weighted by molar-refractivity contribution is 5.77. The first-order valence-electron chi connectivity index (χ1n) is 11.8. The summed E-state index contributed by atoms with van der Waals surface area (Å²) in [6.45, 7) is 2.86. The van der Waals surface area contributed by atoms with Gasteiger partial charge in [0.2, 0.25) is 0 Å². The molecule has 2 aromatic carbocycles. The quantitative estimate of drug-likeness (QED) is 0.261. The molecule has 3 nitrogen and oxygen atoms in total. The van der Waals surface area contributed by atoms with Gasteiger partial charge >= 0.3 is 5.97 Å². The Kier molecular flexibility index (Phi) is 4.48. The van der Waals surface area contributed by atoms with Crippen LogP contribution in [-0.4, -0.2) is 19.2 Å². The maximum atomic E-state index is 13.1. The molecule has 0 radical (unpaired) electrons. The smallest absolute Gasteiger partial charge is 0.312 e. The molecule has 7 unspecified atom stereocenters. The van der Waals surface area contributed by atoms with Crippen molar-refractivity contribution in [2.75, 3.05) is 13.2 Å². The summed E-state index contributed by atoms with van der Waals surface area (Å²) >= 11 is 0. The molecule has 0 aliphatic heterocycles. The molecular formula is C28H30O3. The number of rotatable bonds is 6. The summed E-state index contributed by atoms with van der Waals surface area (Å²) in [7, 11) is 0. The summed E-state index contributed by atoms with van der Waals surface area (Å²) in [5, 5.41) is 0. The monoisotopic (exact) mass is 414 g/mol. The van der Waals surface area contributed by atoms with Crippen molar-refractivity contribution in [1.29, 1.82) is 0 Å². The van der Waals surface area contributed by atoms with E-state index in [1.807, 2.05) is 30.3 Å². The Morgan fingerprint density at radius 2 is 1.61 bits per heavy atom. The van der Waals surface area contributed by atoms with Gasteiger partial charge in [-0.3, -0.25) is 4.79 Å². The first-order valence-corrected chi connectivity index (χ1v) is 11.8. The molecule has 0 saturated heterocycles. The number of carbonyl (C=O) groups is 1. The van der Waals surface area contributed by atoms with Crippen LogP contribution >= 0.6 is 0 Å². The van der Waals surface area contributed by atoms with Crippen molar-refractivity contribution in [3.05, 3.63) is 66.7 Å². The number of fused-ring (bicyclic) bond motifs is 9. The minimum Gasteiger partial charge on any atom is -0.490 e. The highest BCUT2D eigenvalue weighted by Gasteiger charge is 2.66. The van der Waals surface area contributed by atoms with E-state index in [0.29, 0.717) is 36.9 Å². The molecule has 3 heteroatoms. The van der Waals surface area contributed by atoms with Crippen LogP contribution < -0.4 is 4.74 Å². The topological polar surface area (TPSA) is 35.5 Å². The van der Waals surface area contributed by atoms with Gasteiger partial charge < -0.3 is 9.47 Å². The van der Waals surface area contributed by atoms with Crippen LogP contribution in [0.1, 0.15) is 26.2 Å². The fraction of sp³-hybridized carbons (Fsp3) is 0.464. The molecule has 0 N–H and O–H groups in total. The lowest BCUT2D eigenvalue weighted by molar-refractivity contribution is -0.161. The molecule has 6 rings (SSSR count). The van der Waals surface area contributed by atoms with Gasteiger partial charge in [0.25, 0.3) is 0 Å². The maximum absolute atomic E-state index is 13.1. The van der Waals surface area contributed by atoms with E-state index in [2.05, 4.69) is 43.3 Å². The fourth-order valence-electron chi connectivity index (χ4n) is 7.44. The van der Waals surface area contributed by atoms with Crippen LogP contribution in [0, 0.1) is 40.9 Å². The van der Waals surface area contributed by atoms with Gasteiger partial charge in [0.05, 0.1) is 5.41 Å². The van der Waals surface area contributed by atoms with Crippen molar-refractivity contribution in [1.82, 2.24) is 0 Å².